The lowest BCUT2D eigenvalue weighted by Crippen LogP contribution is -2.06. The highest BCUT2D eigenvalue weighted by molar-refractivity contribution is 5.33. The Labute approximate surface area is 95.1 Å². The van der Waals surface area contributed by atoms with Crippen molar-refractivity contribution in [3.8, 4) is 5.69 Å². The van der Waals surface area contributed by atoms with E-state index in [2.05, 4.69) is 26.9 Å². The van der Waals surface area contributed by atoms with Crippen LogP contribution in [0.3, 0.4) is 0 Å². The van der Waals surface area contributed by atoms with E-state index in [1.807, 2.05) is 25.1 Å². The van der Waals surface area contributed by atoms with Crippen LogP contribution in [0.25, 0.3) is 5.69 Å². The van der Waals surface area contributed by atoms with E-state index < -0.39 is 0 Å². The van der Waals surface area contributed by atoms with Gasteiger partial charge in [0, 0.05) is 12.1 Å². The molecule has 1 aromatic carbocycles. The average Bonchev–Trinajstić information content (AvgIpc) is 2.69. The molecule has 0 aliphatic rings. The molecule has 0 saturated heterocycles. The number of aryl methyl sites for hydroxylation is 2. The van der Waals surface area contributed by atoms with Gasteiger partial charge in [-0.3, -0.25) is 4.57 Å². The van der Waals surface area contributed by atoms with Gasteiger partial charge in [0.2, 0.25) is 0 Å². The van der Waals surface area contributed by atoms with Crippen LogP contribution in [0, 0.1) is 6.92 Å². The zero-order valence-corrected chi connectivity index (χ0v) is 9.43. The fourth-order valence-corrected chi connectivity index (χ4v) is 1.74. The van der Waals surface area contributed by atoms with Crippen molar-refractivity contribution in [1.82, 2.24) is 14.8 Å². The second-order valence-corrected chi connectivity index (χ2v) is 3.73. The van der Waals surface area contributed by atoms with Crippen molar-refractivity contribution in [1.29, 1.82) is 0 Å². The van der Waals surface area contributed by atoms with E-state index in [1.54, 1.807) is 0 Å². The normalized spacial score (nSPS) is 10.6. The fraction of sp³-hybridized carbons (Fsp3) is 0.333. The quantitative estimate of drug-likeness (QED) is 0.842. The Bertz CT molecular complexity index is 447. The van der Waals surface area contributed by atoms with Gasteiger partial charge in [0.05, 0.1) is 0 Å². The molecule has 1 heterocycles. The zero-order valence-electron chi connectivity index (χ0n) is 9.43. The van der Waals surface area contributed by atoms with Crippen LogP contribution in [0.2, 0.25) is 0 Å². The first-order valence-corrected chi connectivity index (χ1v) is 5.49. The molecule has 1 aromatic heterocycles. The van der Waals surface area contributed by atoms with Crippen molar-refractivity contribution in [2.24, 2.45) is 5.73 Å². The van der Waals surface area contributed by atoms with Gasteiger partial charge in [-0.25, -0.2) is 0 Å². The monoisotopic (exact) mass is 216 g/mol. The van der Waals surface area contributed by atoms with Crippen molar-refractivity contribution in [2.75, 3.05) is 6.54 Å². The van der Waals surface area contributed by atoms with Crippen molar-refractivity contribution in [3.05, 3.63) is 42.0 Å². The van der Waals surface area contributed by atoms with Crippen molar-refractivity contribution in [2.45, 2.75) is 19.8 Å². The third-order valence-electron chi connectivity index (χ3n) is 2.51. The minimum absolute atomic E-state index is 0.681. The molecule has 2 N–H and O–H groups in total. The Balaban J connectivity index is 2.35. The number of rotatable bonds is 4. The summed E-state index contributed by atoms with van der Waals surface area (Å²) >= 11 is 0. The van der Waals surface area contributed by atoms with Gasteiger partial charge in [-0.2, -0.15) is 0 Å². The van der Waals surface area contributed by atoms with Crippen molar-refractivity contribution < 1.29 is 0 Å². The predicted octanol–water partition coefficient (Wildman–Crippen LogP) is 1.47. The van der Waals surface area contributed by atoms with Crippen LogP contribution in [0.5, 0.6) is 0 Å². The van der Waals surface area contributed by atoms with Gasteiger partial charge in [0.1, 0.15) is 11.6 Å². The molecular weight excluding hydrogens is 200 g/mol. The number of para-hydroxylation sites is 1. The standard InChI is InChI=1S/C12H16N4/c1-10-14-15-12(8-5-9-13)16(10)11-6-3-2-4-7-11/h2-4,6-7H,5,8-9,13H2,1H3. The van der Waals surface area contributed by atoms with Crippen LogP contribution in [0.4, 0.5) is 0 Å². The van der Waals surface area contributed by atoms with E-state index in [0.29, 0.717) is 6.54 Å². The molecule has 2 aromatic rings. The molecule has 0 spiro atoms. The molecule has 0 aliphatic carbocycles. The molecule has 4 heteroatoms. The van der Waals surface area contributed by atoms with Gasteiger partial charge < -0.3 is 5.73 Å². The van der Waals surface area contributed by atoms with Gasteiger partial charge in [-0.05, 0) is 32.0 Å². The molecule has 0 radical (unpaired) electrons. The second kappa shape index (κ2) is 4.90. The van der Waals surface area contributed by atoms with Crippen LogP contribution in [0.15, 0.2) is 30.3 Å². The minimum Gasteiger partial charge on any atom is -0.330 e. The number of nitrogens with two attached hydrogens (primary N) is 1. The van der Waals surface area contributed by atoms with E-state index in [-0.39, 0.29) is 0 Å². The molecule has 0 unspecified atom stereocenters. The van der Waals surface area contributed by atoms with Crippen LogP contribution in [0.1, 0.15) is 18.1 Å². The maximum absolute atomic E-state index is 5.51. The molecular formula is C12H16N4. The topological polar surface area (TPSA) is 56.7 Å². The first-order valence-electron chi connectivity index (χ1n) is 5.49. The Morgan fingerprint density at radius 3 is 2.62 bits per heavy atom. The number of hydrogen-bond donors (Lipinski definition) is 1. The second-order valence-electron chi connectivity index (χ2n) is 3.73. The van der Waals surface area contributed by atoms with Gasteiger partial charge in [-0.1, -0.05) is 18.2 Å². The maximum atomic E-state index is 5.51. The molecule has 16 heavy (non-hydrogen) atoms. The highest BCUT2D eigenvalue weighted by Gasteiger charge is 2.09. The number of hydrogen-bond acceptors (Lipinski definition) is 3. The molecule has 0 atom stereocenters. The smallest absolute Gasteiger partial charge is 0.137 e. The SMILES string of the molecule is Cc1nnc(CCCN)n1-c1ccccc1. The summed E-state index contributed by atoms with van der Waals surface area (Å²) in [6.07, 6.45) is 1.80. The Morgan fingerprint density at radius 2 is 1.94 bits per heavy atom. The predicted molar refractivity (Wildman–Crippen MR) is 63.5 cm³/mol. The lowest BCUT2D eigenvalue weighted by atomic mass is 10.2. The lowest BCUT2D eigenvalue weighted by Gasteiger charge is -2.07. The Hall–Kier alpha value is -1.68. The first kappa shape index (κ1) is 10.8. The number of nitrogens with zero attached hydrogens (tertiary/aromatic N) is 3. The van der Waals surface area contributed by atoms with Gasteiger partial charge in [-0.15, -0.1) is 10.2 Å². The van der Waals surface area contributed by atoms with E-state index in [0.717, 1.165) is 30.2 Å². The minimum atomic E-state index is 0.681. The van der Waals surface area contributed by atoms with E-state index in [4.69, 9.17) is 5.73 Å². The van der Waals surface area contributed by atoms with Crippen LogP contribution in [-0.4, -0.2) is 21.3 Å². The number of aromatic nitrogens is 3. The van der Waals surface area contributed by atoms with Crippen LogP contribution >= 0.6 is 0 Å². The third-order valence-corrected chi connectivity index (χ3v) is 2.51. The van der Waals surface area contributed by atoms with Crippen LogP contribution in [-0.2, 0) is 6.42 Å². The summed E-state index contributed by atoms with van der Waals surface area (Å²) in [5.74, 6) is 1.90. The summed E-state index contributed by atoms with van der Waals surface area (Å²) in [5.41, 5.74) is 6.62. The Kier molecular flexibility index (Phi) is 3.31. The largest absolute Gasteiger partial charge is 0.330 e. The van der Waals surface area contributed by atoms with Gasteiger partial charge >= 0.3 is 0 Å². The summed E-state index contributed by atoms with van der Waals surface area (Å²) in [7, 11) is 0. The zero-order chi connectivity index (χ0) is 11.4. The molecule has 2 rings (SSSR count). The third kappa shape index (κ3) is 2.12. The van der Waals surface area contributed by atoms with E-state index in [9.17, 15) is 0 Å². The molecule has 0 amide bonds. The molecule has 0 saturated carbocycles. The van der Waals surface area contributed by atoms with Gasteiger partial charge in [0.15, 0.2) is 0 Å². The molecule has 84 valence electrons. The summed E-state index contributed by atoms with van der Waals surface area (Å²) in [5, 5.41) is 8.31. The Morgan fingerprint density at radius 1 is 1.19 bits per heavy atom. The van der Waals surface area contributed by atoms with Crippen LogP contribution < -0.4 is 5.73 Å². The number of benzene rings is 1. The summed E-state index contributed by atoms with van der Waals surface area (Å²) in [6, 6.07) is 10.1. The molecule has 0 bridgehead atoms. The first-order chi connectivity index (χ1) is 7.83. The fourth-order valence-electron chi connectivity index (χ4n) is 1.74. The van der Waals surface area contributed by atoms with Gasteiger partial charge in [0.25, 0.3) is 0 Å². The molecule has 4 nitrogen and oxygen atoms in total. The summed E-state index contributed by atoms with van der Waals surface area (Å²) in [6.45, 7) is 2.65. The highest BCUT2D eigenvalue weighted by atomic mass is 15.3. The maximum Gasteiger partial charge on any atom is 0.137 e. The van der Waals surface area contributed by atoms with E-state index >= 15 is 0 Å². The van der Waals surface area contributed by atoms with Crippen molar-refractivity contribution >= 4 is 0 Å². The highest BCUT2D eigenvalue weighted by Crippen LogP contribution is 2.13. The lowest BCUT2D eigenvalue weighted by molar-refractivity contribution is 0.757. The van der Waals surface area contributed by atoms with E-state index in [1.165, 1.54) is 0 Å². The summed E-state index contributed by atoms with van der Waals surface area (Å²) in [4.78, 5) is 0. The average molecular weight is 216 g/mol. The molecule has 0 fully saturated rings. The van der Waals surface area contributed by atoms with Crippen molar-refractivity contribution in [3.63, 3.8) is 0 Å². The molecule has 0 aliphatic heterocycles. The summed E-state index contributed by atoms with van der Waals surface area (Å²) < 4.78 is 2.08.